The molecule has 0 aliphatic carbocycles. The maximum atomic E-state index is 12.2. The molecule has 100 valence electrons. The molecule has 0 aliphatic rings. The summed E-state index contributed by atoms with van der Waals surface area (Å²) in [5.41, 5.74) is 2.94. The van der Waals surface area contributed by atoms with Gasteiger partial charge in [0.05, 0.1) is 10.2 Å². The number of amides is 1. The summed E-state index contributed by atoms with van der Waals surface area (Å²) in [7, 11) is 1.95. The highest BCUT2D eigenvalue weighted by Gasteiger charge is 2.07. The fraction of sp³-hybridized carbons (Fsp3) is 0.125. The van der Waals surface area contributed by atoms with Crippen LogP contribution in [0.2, 0.25) is 0 Å². The Morgan fingerprint density at radius 3 is 2.55 bits per heavy atom. The first-order valence-corrected chi connectivity index (χ1v) is 7.18. The summed E-state index contributed by atoms with van der Waals surface area (Å²) in [6.45, 7) is 2.07. The van der Waals surface area contributed by atoms with Crippen LogP contribution in [0.5, 0.6) is 0 Å². The molecule has 0 bridgehead atoms. The summed E-state index contributed by atoms with van der Waals surface area (Å²) >= 11 is 1.54. The zero-order valence-corrected chi connectivity index (χ0v) is 12.1. The predicted octanol–water partition coefficient (Wildman–Crippen LogP) is 3.29. The molecule has 0 atom stereocenters. The highest BCUT2D eigenvalue weighted by Crippen LogP contribution is 2.19. The van der Waals surface area contributed by atoms with Crippen LogP contribution in [0.3, 0.4) is 0 Å². The fourth-order valence-electron chi connectivity index (χ4n) is 2.24. The molecule has 0 radical (unpaired) electrons. The maximum Gasteiger partial charge on any atom is 0.279 e. The van der Waals surface area contributed by atoms with Gasteiger partial charge in [-0.2, -0.15) is 4.99 Å². The van der Waals surface area contributed by atoms with Crippen molar-refractivity contribution in [3.63, 3.8) is 0 Å². The molecule has 3 aromatic rings. The molecule has 0 N–H and O–H groups in total. The average Bonchev–Trinajstić information content (AvgIpc) is 2.78. The van der Waals surface area contributed by atoms with Crippen LogP contribution < -0.4 is 4.80 Å². The van der Waals surface area contributed by atoms with Gasteiger partial charge in [0.2, 0.25) is 0 Å². The molecule has 0 spiro atoms. The van der Waals surface area contributed by atoms with Gasteiger partial charge >= 0.3 is 0 Å². The van der Waals surface area contributed by atoms with Gasteiger partial charge in [-0.05, 0) is 30.7 Å². The average molecular weight is 282 g/mol. The van der Waals surface area contributed by atoms with Crippen LogP contribution >= 0.6 is 11.3 Å². The first-order chi connectivity index (χ1) is 9.66. The molecular formula is C16H14N2OS. The van der Waals surface area contributed by atoms with Crippen LogP contribution in [0.1, 0.15) is 15.9 Å². The number of aromatic nitrogens is 1. The van der Waals surface area contributed by atoms with E-state index < -0.39 is 0 Å². The number of hydrogen-bond donors (Lipinski definition) is 0. The Balaban J connectivity index is 2.16. The number of para-hydroxylation sites is 1. The topological polar surface area (TPSA) is 34.4 Å². The van der Waals surface area contributed by atoms with Gasteiger partial charge in [0.15, 0.2) is 4.80 Å². The number of nitrogens with zero attached hydrogens (tertiary/aromatic N) is 2. The van der Waals surface area contributed by atoms with Crippen molar-refractivity contribution in [1.29, 1.82) is 0 Å². The van der Waals surface area contributed by atoms with Gasteiger partial charge in [0, 0.05) is 12.6 Å². The molecule has 1 amide bonds. The standard InChI is InChI=1S/C16H14N2OS/c1-11-7-6-10-13-14(11)18(2)16(20-13)17-15(19)12-8-4-3-5-9-12/h3-10H,1-2H3. The largest absolute Gasteiger partial charge is 0.319 e. The minimum atomic E-state index is -0.203. The molecule has 1 heterocycles. The van der Waals surface area contributed by atoms with E-state index in [2.05, 4.69) is 24.0 Å². The van der Waals surface area contributed by atoms with Gasteiger partial charge in [-0.1, -0.05) is 41.7 Å². The molecule has 20 heavy (non-hydrogen) atoms. The molecule has 3 nitrogen and oxygen atoms in total. The minimum absolute atomic E-state index is 0.203. The van der Waals surface area contributed by atoms with Gasteiger partial charge in [-0.3, -0.25) is 4.79 Å². The molecule has 0 saturated heterocycles. The predicted molar refractivity (Wildman–Crippen MR) is 81.9 cm³/mol. The normalized spacial score (nSPS) is 12.0. The lowest BCUT2D eigenvalue weighted by molar-refractivity contribution is 0.0998. The van der Waals surface area contributed by atoms with E-state index in [1.54, 1.807) is 12.1 Å². The van der Waals surface area contributed by atoms with E-state index in [4.69, 9.17) is 0 Å². The van der Waals surface area contributed by atoms with E-state index in [0.717, 1.165) is 15.0 Å². The first kappa shape index (κ1) is 12.8. The number of hydrogen-bond acceptors (Lipinski definition) is 2. The van der Waals surface area contributed by atoms with Crippen molar-refractivity contribution in [2.75, 3.05) is 0 Å². The summed E-state index contributed by atoms with van der Waals surface area (Å²) in [5, 5.41) is 0. The van der Waals surface area contributed by atoms with Crippen LogP contribution in [0.25, 0.3) is 10.2 Å². The molecule has 0 aliphatic heterocycles. The van der Waals surface area contributed by atoms with Gasteiger partial charge < -0.3 is 4.57 Å². The SMILES string of the molecule is Cc1cccc2sc(=NC(=O)c3ccccc3)n(C)c12. The summed E-state index contributed by atoms with van der Waals surface area (Å²) < 4.78 is 3.13. The van der Waals surface area contributed by atoms with Gasteiger partial charge in [0.1, 0.15) is 0 Å². The van der Waals surface area contributed by atoms with E-state index in [-0.39, 0.29) is 5.91 Å². The van der Waals surface area contributed by atoms with Gasteiger partial charge in [-0.25, -0.2) is 0 Å². The third kappa shape index (κ3) is 2.18. The van der Waals surface area contributed by atoms with Crippen molar-refractivity contribution in [1.82, 2.24) is 4.57 Å². The lowest BCUT2D eigenvalue weighted by Gasteiger charge is -1.99. The highest BCUT2D eigenvalue weighted by molar-refractivity contribution is 7.16. The summed E-state index contributed by atoms with van der Waals surface area (Å²) in [6, 6.07) is 15.3. The Kier molecular flexibility index (Phi) is 3.24. The zero-order valence-electron chi connectivity index (χ0n) is 11.3. The third-order valence-electron chi connectivity index (χ3n) is 3.24. The summed E-state index contributed by atoms with van der Waals surface area (Å²) in [5.74, 6) is -0.203. The molecule has 2 aromatic carbocycles. The molecule has 3 rings (SSSR count). The number of aryl methyl sites for hydroxylation is 2. The van der Waals surface area contributed by atoms with Crippen LogP contribution in [-0.2, 0) is 7.05 Å². The molecule has 0 unspecified atom stereocenters. The number of thiazole rings is 1. The Morgan fingerprint density at radius 1 is 1.10 bits per heavy atom. The zero-order chi connectivity index (χ0) is 14.1. The summed E-state index contributed by atoms with van der Waals surface area (Å²) in [6.07, 6.45) is 0. The van der Waals surface area contributed by atoms with Crippen LogP contribution in [0, 0.1) is 6.92 Å². The Bertz CT molecular complexity index is 844. The fourth-order valence-corrected chi connectivity index (χ4v) is 3.33. The van der Waals surface area contributed by atoms with Gasteiger partial charge in [0.25, 0.3) is 5.91 Å². The van der Waals surface area contributed by atoms with E-state index >= 15 is 0 Å². The Morgan fingerprint density at radius 2 is 1.85 bits per heavy atom. The molecule has 1 aromatic heterocycles. The van der Waals surface area contributed by atoms with Crippen molar-refractivity contribution < 1.29 is 4.79 Å². The number of fused-ring (bicyclic) bond motifs is 1. The van der Waals surface area contributed by atoms with Crippen molar-refractivity contribution in [3.8, 4) is 0 Å². The van der Waals surface area contributed by atoms with Crippen LogP contribution in [0.4, 0.5) is 0 Å². The lowest BCUT2D eigenvalue weighted by Crippen LogP contribution is -2.13. The van der Waals surface area contributed by atoms with Gasteiger partial charge in [-0.15, -0.1) is 0 Å². The Labute approximate surface area is 120 Å². The van der Waals surface area contributed by atoms with Crippen molar-refractivity contribution in [3.05, 3.63) is 64.5 Å². The second-order valence-electron chi connectivity index (χ2n) is 4.65. The quantitative estimate of drug-likeness (QED) is 0.674. The highest BCUT2D eigenvalue weighted by atomic mass is 32.1. The molecule has 0 fully saturated rings. The summed E-state index contributed by atoms with van der Waals surface area (Å²) in [4.78, 5) is 17.1. The minimum Gasteiger partial charge on any atom is -0.319 e. The molecular weight excluding hydrogens is 268 g/mol. The van der Waals surface area contributed by atoms with E-state index in [9.17, 15) is 4.79 Å². The van der Waals surface area contributed by atoms with Crippen molar-refractivity contribution >= 4 is 27.5 Å². The monoisotopic (exact) mass is 282 g/mol. The molecule has 0 saturated carbocycles. The first-order valence-electron chi connectivity index (χ1n) is 6.36. The second kappa shape index (κ2) is 5.06. The second-order valence-corrected chi connectivity index (χ2v) is 5.66. The number of rotatable bonds is 1. The van der Waals surface area contributed by atoms with Crippen molar-refractivity contribution in [2.45, 2.75) is 6.92 Å². The lowest BCUT2D eigenvalue weighted by atomic mass is 10.2. The number of benzene rings is 2. The van der Waals surface area contributed by atoms with Crippen LogP contribution in [0.15, 0.2) is 53.5 Å². The third-order valence-corrected chi connectivity index (χ3v) is 4.34. The Hall–Kier alpha value is -2.20. The maximum absolute atomic E-state index is 12.2. The van der Waals surface area contributed by atoms with Crippen LogP contribution in [-0.4, -0.2) is 10.5 Å². The van der Waals surface area contributed by atoms with Crippen molar-refractivity contribution in [2.24, 2.45) is 12.0 Å². The van der Waals surface area contributed by atoms with E-state index in [1.165, 1.54) is 16.9 Å². The van der Waals surface area contributed by atoms with E-state index in [0.29, 0.717) is 5.56 Å². The number of carbonyl (C=O) groups excluding carboxylic acids is 1. The molecule has 4 heteroatoms. The van der Waals surface area contributed by atoms with E-state index in [1.807, 2.05) is 35.9 Å². The smallest absolute Gasteiger partial charge is 0.279 e. The number of carbonyl (C=O) groups is 1.